The van der Waals surface area contributed by atoms with Crippen molar-refractivity contribution in [2.75, 3.05) is 18.4 Å². The average Bonchev–Trinajstić information content (AvgIpc) is 3.03. The number of benzene rings is 1. The molecule has 1 N–H and O–H groups in total. The lowest BCUT2D eigenvalue weighted by Crippen LogP contribution is -2.20. The van der Waals surface area contributed by atoms with Gasteiger partial charge in [0.15, 0.2) is 0 Å². The SMILES string of the molecule is CC[C@@H](Nc1cc(CN2CCC(C)C2)c(C)cn1)c1ccc(Cl)c(C)c1. The normalized spacial score (nSPS) is 18.9. The fraction of sp³-hybridized carbons (Fsp3) is 0.500. The standard InChI is InChI=1S/C22H30ClN3/c1-5-21(18-6-7-20(23)16(3)10-18)25-22-11-19(17(4)12-24-22)14-26-9-8-15(2)13-26/h6-7,10-12,15,21H,5,8-9,13-14H2,1-4H3,(H,24,25)/t15?,21-/m1/s1. The highest BCUT2D eigenvalue weighted by Crippen LogP contribution is 2.27. The van der Waals surface area contributed by atoms with Crippen molar-refractivity contribution in [2.24, 2.45) is 5.92 Å². The smallest absolute Gasteiger partial charge is 0.126 e. The molecule has 0 radical (unpaired) electrons. The number of rotatable bonds is 6. The minimum absolute atomic E-state index is 0.237. The van der Waals surface area contributed by atoms with E-state index in [0.29, 0.717) is 0 Å². The van der Waals surface area contributed by atoms with Gasteiger partial charge >= 0.3 is 0 Å². The highest BCUT2D eigenvalue weighted by molar-refractivity contribution is 6.31. The van der Waals surface area contributed by atoms with E-state index >= 15 is 0 Å². The Bertz CT molecular complexity index is 759. The number of pyridine rings is 1. The lowest BCUT2D eigenvalue weighted by Gasteiger charge is -2.21. The summed E-state index contributed by atoms with van der Waals surface area (Å²) in [5, 5.41) is 4.44. The Hall–Kier alpha value is -1.58. The fourth-order valence-electron chi connectivity index (χ4n) is 3.71. The first kappa shape index (κ1) is 19.2. The van der Waals surface area contributed by atoms with Crippen LogP contribution < -0.4 is 5.32 Å². The molecule has 0 saturated carbocycles. The molecule has 3 rings (SSSR count). The van der Waals surface area contributed by atoms with Crippen LogP contribution in [0.2, 0.25) is 5.02 Å². The first-order valence-corrected chi connectivity index (χ1v) is 10.0. The van der Waals surface area contributed by atoms with Crippen molar-refractivity contribution in [1.82, 2.24) is 9.88 Å². The molecule has 1 aromatic carbocycles. The molecular formula is C22H30ClN3. The summed E-state index contributed by atoms with van der Waals surface area (Å²) in [7, 11) is 0. The van der Waals surface area contributed by atoms with Gasteiger partial charge in [-0.1, -0.05) is 37.6 Å². The van der Waals surface area contributed by atoms with Gasteiger partial charge in [0.1, 0.15) is 5.82 Å². The predicted octanol–water partition coefficient (Wildman–Crippen LogP) is 5.76. The average molecular weight is 372 g/mol. The van der Waals surface area contributed by atoms with Crippen molar-refractivity contribution < 1.29 is 0 Å². The first-order chi connectivity index (χ1) is 12.5. The third-order valence-corrected chi connectivity index (χ3v) is 5.86. The third kappa shape index (κ3) is 4.57. The summed E-state index contributed by atoms with van der Waals surface area (Å²) < 4.78 is 0. The molecule has 4 heteroatoms. The number of aromatic nitrogens is 1. The second kappa shape index (κ2) is 8.41. The number of nitrogens with zero attached hydrogens (tertiary/aromatic N) is 2. The molecule has 1 aliphatic heterocycles. The Morgan fingerprint density at radius 2 is 2.08 bits per heavy atom. The van der Waals surface area contributed by atoms with Crippen LogP contribution in [0.5, 0.6) is 0 Å². The van der Waals surface area contributed by atoms with Gasteiger partial charge in [0.05, 0.1) is 6.04 Å². The zero-order chi connectivity index (χ0) is 18.7. The molecule has 1 aliphatic rings. The molecule has 2 heterocycles. The van der Waals surface area contributed by atoms with Crippen LogP contribution in [0.25, 0.3) is 0 Å². The molecule has 1 saturated heterocycles. The molecule has 0 amide bonds. The second-order valence-electron chi connectivity index (χ2n) is 7.74. The number of likely N-dealkylation sites (tertiary alicyclic amines) is 1. The summed E-state index contributed by atoms with van der Waals surface area (Å²) in [6.07, 6.45) is 4.30. The van der Waals surface area contributed by atoms with E-state index in [0.717, 1.165) is 35.3 Å². The van der Waals surface area contributed by atoms with Gasteiger partial charge in [-0.05, 0) is 73.5 Å². The summed E-state index contributed by atoms with van der Waals surface area (Å²) >= 11 is 6.18. The minimum Gasteiger partial charge on any atom is -0.363 e. The van der Waals surface area contributed by atoms with Crippen LogP contribution >= 0.6 is 11.6 Å². The molecule has 1 unspecified atom stereocenters. The van der Waals surface area contributed by atoms with Crippen molar-refractivity contribution in [3.8, 4) is 0 Å². The highest BCUT2D eigenvalue weighted by atomic mass is 35.5. The van der Waals surface area contributed by atoms with E-state index in [1.807, 2.05) is 12.3 Å². The number of aryl methyl sites for hydroxylation is 2. The van der Waals surface area contributed by atoms with E-state index in [-0.39, 0.29) is 6.04 Å². The maximum atomic E-state index is 6.18. The monoisotopic (exact) mass is 371 g/mol. The van der Waals surface area contributed by atoms with Crippen LogP contribution in [0.4, 0.5) is 5.82 Å². The van der Waals surface area contributed by atoms with Gasteiger partial charge in [-0.3, -0.25) is 4.90 Å². The van der Waals surface area contributed by atoms with Crippen LogP contribution in [-0.4, -0.2) is 23.0 Å². The predicted molar refractivity (Wildman–Crippen MR) is 111 cm³/mol. The lowest BCUT2D eigenvalue weighted by atomic mass is 10.0. The number of hydrogen-bond donors (Lipinski definition) is 1. The van der Waals surface area contributed by atoms with E-state index in [1.165, 1.54) is 36.2 Å². The maximum absolute atomic E-state index is 6.18. The van der Waals surface area contributed by atoms with Crippen LogP contribution in [0.3, 0.4) is 0 Å². The molecule has 140 valence electrons. The summed E-state index contributed by atoms with van der Waals surface area (Å²) in [6, 6.07) is 8.73. The van der Waals surface area contributed by atoms with E-state index in [1.54, 1.807) is 0 Å². The highest BCUT2D eigenvalue weighted by Gasteiger charge is 2.19. The van der Waals surface area contributed by atoms with Crippen molar-refractivity contribution in [3.63, 3.8) is 0 Å². The van der Waals surface area contributed by atoms with E-state index in [4.69, 9.17) is 11.6 Å². The molecule has 2 atom stereocenters. The topological polar surface area (TPSA) is 28.2 Å². The van der Waals surface area contributed by atoms with Gasteiger partial charge in [-0.2, -0.15) is 0 Å². The summed E-state index contributed by atoms with van der Waals surface area (Å²) in [6.45, 7) is 12.2. The van der Waals surface area contributed by atoms with E-state index in [9.17, 15) is 0 Å². The Balaban J connectivity index is 1.75. The Kier molecular flexibility index (Phi) is 6.20. The van der Waals surface area contributed by atoms with Crippen molar-refractivity contribution in [2.45, 2.75) is 53.1 Å². The van der Waals surface area contributed by atoms with Gasteiger partial charge in [-0.25, -0.2) is 4.98 Å². The molecule has 1 fully saturated rings. The Morgan fingerprint density at radius 1 is 1.27 bits per heavy atom. The maximum Gasteiger partial charge on any atom is 0.126 e. The van der Waals surface area contributed by atoms with Crippen molar-refractivity contribution >= 4 is 17.4 Å². The minimum atomic E-state index is 0.237. The van der Waals surface area contributed by atoms with Crippen molar-refractivity contribution in [1.29, 1.82) is 0 Å². The molecule has 2 aromatic rings. The van der Waals surface area contributed by atoms with Crippen LogP contribution in [0.1, 0.15) is 55.0 Å². The van der Waals surface area contributed by atoms with Gasteiger partial charge in [0.25, 0.3) is 0 Å². The Morgan fingerprint density at radius 3 is 2.73 bits per heavy atom. The fourth-order valence-corrected chi connectivity index (χ4v) is 3.83. The summed E-state index contributed by atoms with van der Waals surface area (Å²) in [5.74, 6) is 1.77. The molecule has 0 spiro atoms. The first-order valence-electron chi connectivity index (χ1n) is 9.66. The molecule has 1 aromatic heterocycles. The molecule has 26 heavy (non-hydrogen) atoms. The van der Waals surface area contributed by atoms with Crippen LogP contribution in [0.15, 0.2) is 30.5 Å². The van der Waals surface area contributed by atoms with Crippen LogP contribution in [0, 0.1) is 19.8 Å². The number of hydrogen-bond acceptors (Lipinski definition) is 3. The second-order valence-corrected chi connectivity index (χ2v) is 8.15. The van der Waals surface area contributed by atoms with Crippen molar-refractivity contribution in [3.05, 3.63) is 57.7 Å². The van der Waals surface area contributed by atoms with Gasteiger partial charge in [-0.15, -0.1) is 0 Å². The number of halogens is 1. The van der Waals surface area contributed by atoms with Gasteiger partial charge in [0, 0.05) is 24.3 Å². The summed E-state index contributed by atoms with van der Waals surface area (Å²) in [4.78, 5) is 7.18. The van der Waals surface area contributed by atoms with Gasteiger partial charge < -0.3 is 5.32 Å². The molecule has 0 aliphatic carbocycles. The zero-order valence-corrected chi connectivity index (χ0v) is 17.1. The zero-order valence-electron chi connectivity index (χ0n) is 16.3. The molecule has 3 nitrogen and oxygen atoms in total. The molecule has 0 bridgehead atoms. The van der Waals surface area contributed by atoms with Crippen LogP contribution in [-0.2, 0) is 6.54 Å². The van der Waals surface area contributed by atoms with E-state index in [2.05, 4.69) is 61.1 Å². The summed E-state index contributed by atoms with van der Waals surface area (Å²) in [5.41, 5.74) is 5.01. The third-order valence-electron chi connectivity index (χ3n) is 5.43. The quantitative estimate of drug-likeness (QED) is 0.699. The lowest BCUT2D eigenvalue weighted by molar-refractivity contribution is 0.319. The largest absolute Gasteiger partial charge is 0.363 e. The van der Waals surface area contributed by atoms with E-state index < -0.39 is 0 Å². The van der Waals surface area contributed by atoms with Gasteiger partial charge in [0.2, 0.25) is 0 Å². The molecular weight excluding hydrogens is 342 g/mol. The number of nitrogens with one attached hydrogen (secondary N) is 1. The number of anilines is 1. The Labute approximate surface area is 162 Å².